The van der Waals surface area contributed by atoms with Crippen LogP contribution in [-0.2, 0) is 21.7 Å². The van der Waals surface area contributed by atoms with Crippen molar-refractivity contribution < 1.29 is 14.4 Å². The molecule has 4 amide bonds. The summed E-state index contributed by atoms with van der Waals surface area (Å²) >= 11 is 4.98. The van der Waals surface area contributed by atoms with Gasteiger partial charge < -0.3 is 10.2 Å². The average Bonchev–Trinajstić information content (AvgIpc) is 3.22. The van der Waals surface area contributed by atoms with Gasteiger partial charge in [-0.3, -0.25) is 14.5 Å². The summed E-state index contributed by atoms with van der Waals surface area (Å²) in [6.45, 7) is 4.42. The minimum atomic E-state index is -1.12. The van der Waals surface area contributed by atoms with Crippen LogP contribution in [0.5, 0.6) is 0 Å². The van der Waals surface area contributed by atoms with Crippen LogP contribution in [0, 0.1) is 0 Å². The van der Waals surface area contributed by atoms with Crippen LogP contribution in [0.15, 0.2) is 46.3 Å². The Balaban J connectivity index is 1.77. The molecule has 0 radical (unpaired) electrons. The number of benzene rings is 1. The zero-order chi connectivity index (χ0) is 20.3. The third-order valence-corrected chi connectivity index (χ3v) is 6.58. The summed E-state index contributed by atoms with van der Waals surface area (Å²) in [5.74, 6) is -0.634. The molecule has 2 heterocycles. The summed E-state index contributed by atoms with van der Waals surface area (Å²) in [6.07, 6.45) is 0.410. The molecule has 1 unspecified atom stereocenters. The molecule has 28 heavy (non-hydrogen) atoms. The van der Waals surface area contributed by atoms with E-state index in [1.54, 1.807) is 16.2 Å². The van der Waals surface area contributed by atoms with E-state index in [1.807, 2.05) is 56.3 Å². The van der Waals surface area contributed by atoms with Gasteiger partial charge in [0.15, 0.2) is 0 Å². The summed E-state index contributed by atoms with van der Waals surface area (Å²) in [7, 11) is 0. The van der Waals surface area contributed by atoms with Crippen molar-refractivity contribution in [3.8, 4) is 0 Å². The van der Waals surface area contributed by atoms with E-state index in [1.165, 1.54) is 0 Å². The first-order valence-corrected chi connectivity index (χ1v) is 10.7. The van der Waals surface area contributed by atoms with Crippen LogP contribution < -0.4 is 5.32 Å². The lowest BCUT2D eigenvalue weighted by Gasteiger charge is -2.26. The minimum absolute atomic E-state index is 0.254. The molecule has 1 aliphatic heterocycles. The summed E-state index contributed by atoms with van der Waals surface area (Å²) in [5.41, 5.74) is -0.393. The van der Waals surface area contributed by atoms with E-state index in [2.05, 4.69) is 21.2 Å². The average molecular weight is 464 g/mol. The Hall–Kier alpha value is -2.19. The number of hydrogen-bond donors (Lipinski definition) is 1. The number of carbonyl (C=O) groups is 3. The quantitative estimate of drug-likeness (QED) is 0.636. The van der Waals surface area contributed by atoms with E-state index in [9.17, 15) is 14.4 Å². The molecule has 0 spiro atoms. The number of halogens is 1. The smallest absolute Gasteiger partial charge is 0.325 e. The van der Waals surface area contributed by atoms with Crippen LogP contribution in [-0.4, -0.2) is 40.7 Å². The fourth-order valence-electron chi connectivity index (χ4n) is 3.37. The number of carbonyl (C=O) groups excluding carboxylic acids is 3. The number of likely N-dealkylation sites (N-methyl/N-ethyl adjacent to an activating group) is 1. The lowest BCUT2D eigenvalue weighted by molar-refractivity contribution is -0.139. The molecule has 1 N–H and O–H groups in total. The number of amides is 4. The van der Waals surface area contributed by atoms with Crippen molar-refractivity contribution in [1.82, 2.24) is 15.1 Å². The molecule has 8 heteroatoms. The Bertz CT molecular complexity index is 886. The first kappa shape index (κ1) is 20.5. The largest absolute Gasteiger partial charge is 0.336 e. The van der Waals surface area contributed by atoms with E-state index in [-0.39, 0.29) is 18.4 Å². The lowest BCUT2D eigenvalue weighted by atomic mass is 9.87. The summed E-state index contributed by atoms with van der Waals surface area (Å²) in [5, 5.41) is 2.81. The molecule has 1 aromatic carbocycles. The van der Waals surface area contributed by atoms with E-state index in [0.717, 1.165) is 19.1 Å². The van der Waals surface area contributed by atoms with Gasteiger partial charge in [-0.15, -0.1) is 11.3 Å². The van der Waals surface area contributed by atoms with Crippen molar-refractivity contribution in [1.29, 1.82) is 0 Å². The summed E-state index contributed by atoms with van der Waals surface area (Å²) in [6, 6.07) is 12.5. The molecule has 2 aromatic rings. The molecule has 6 nitrogen and oxygen atoms in total. The van der Waals surface area contributed by atoms with Gasteiger partial charge >= 0.3 is 6.03 Å². The predicted octanol–water partition coefficient (Wildman–Crippen LogP) is 3.72. The number of nitrogens with zero attached hydrogens (tertiary/aromatic N) is 2. The van der Waals surface area contributed by atoms with E-state index < -0.39 is 11.6 Å². The van der Waals surface area contributed by atoms with Crippen LogP contribution in [0.2, 0.25) is 0 Å². The van der Waals surface area contributed by atoms with Crippen molar-refractivity contribution in [3.63, 3.8) is 0 Å². The van der Waals surface area contributed by atoms with Gasteiger partial charge in [0.2, 0.25) is 5.91 Å². The maximum Gasteiger partial charge on any atom is 0.325 e. The molecule has 1 aromatic heterocycles. The maximum absolute atomic E-state index is 13.1. The normalized spacial score (nSPS) is 19.0. The second-order valence-corrected chi connectivity index (χ2v) is 9.11. The number of imide groups is 1. The highest BCUT2D eigenvalue weighted by molar-refractivity contribution is 9.11. The first-order chi connectivity index (χ1) is 13.4. The lowest BCUT2D eigenvalue weighted by Crippen LogP contribution is -2.45. The first-order valence-electron chi connectivity index (χ1n) is 9.13. The highest BCUT2D eigenvalue weighted by atomic mass is 79.9. The summed E-state index contributed by atoms with van der Waals surface area (Å²) in [4.78, 5) is 42.2. The maximum atomic E-state index is 13.1. The second kappa shape index (κ2) is 8.45. The molecule has 0 aliphatic carbocycles. The van der Waals surface area contributed by atoms with Gasteiger partial charge in [-0.2, -0.15) is 0 Å². The predicted molar refractivity (Wildman–Crippen MR) is 112 cm³/mol. The highest BCUT2D eigenvalue weighted by Gasteiger charge is 2.51. The van der Waals surface area contributed by atoms with Gasteiger partial charge in [0, 0.05) is 11.4 Å². The number of thiophene rings is 1. The van der Waals surface area contributed by atoms with Gasteiger partial charge in [-0.1, -0.05) is 37.3 Å². The second-order valence-electron chi connectivity index (χ2n) is 6.56. The Morgan fingerprint density at radius 2 is 1.89 bits per heavy atom. The number of urea groups is 1. The zero-order valence-corrected chi connectivity index (χ0v) is 18.2. The van der Waals surface area contributed by atoms with Gasteiger partial charge in [0.05, 0.1) is 10.3 Å². The highest BCUT2D eigenvalue weighted by Crippen LogP contribution is 2.32. The molecular formula is C20H22BrN3O3S. The zero-order valence-electron chi connectivity index (χ0n) is 15.8. The monoisotopic (exact) mass is 463 g/mol. The van der Waals surface area contributed by atoms with E-state index >= 15 is 0 Å². The number of rotatable bonds is 7. The van der Waals surface area contributed by atoms with Crippen molar-refractivity contribution in [2.45, 2.75) is 32.4 Å². The SMILES string of the molecule is CCN(Cc1ccc(Br)s1)C(=O)CN1C(=O)NC(CC)(c2ccccc2)C1=O. The molecule has 1 aliphatic rings. The Morgan fingerprint density at radius 3 is 2.46 bits per heavy atom. The van der Waals surface area contributed by atoms with Gasteiger partial charge in [0.25, 0.3) is 5.91 Å². The van der Waals surface area contributed by atoms with Gasteiger partial charge in [-0.25, -0.2) is 4.79 Å². The topological polar surface area (TPSA) is 69.7 Å². The number of hydrogen-bond acceptors (Lipinski definition) is 4. The molecule has 1 fully saturated rings. The fraction of sp³-hybridized carbons (Fsp3) is 0.350. The van der Waals surface area contributed by atoms with Crippen molar-refractivity contribution >= 4 is 45.1 Å². The minimum Gasteiger partial charge on any atom is -0.336 e. The van der Waals surface area contributed by atoms with Gasteiger partial charge in [0.1, 0.15) is 12.1 Å². The molecule has 1 atom stereocenters. The van der Waals surface area contributed by atoms with Crippen LogP contribution >= 0.6 is 27.3 Å². The van der Waals surface area contributed by atoms with Crippen LogP contribution in [0.3, 0.4) is 0 Å². The number of nitrogens with one attached hydrogen (secondary N) is 1. The van der Waals surface area contributed by atoms with Gasteiger partial charge in [-0.05, 0) is 47.0 Å². The van der Waals surface area contributed by atoms with E-state index in [4.69, 9.17) is 0 Å². The molecular weight excluding hydrogens is 442 g/mol. The summed E-state index contributed by atoms with van der Waals surface area (Å²) < 4.78 is 0.996. The van der Waals surface area contributed by atoms with Crippen molar-refractivity contribution in [2.24, 2.45) is 0 Å². The molecule has 3 rings (SSSR count). The standard InChI is InChI=1S/C20H22BrN3O3S/c1-3-20(14-8-6-5-7-9-14)18(26)24(19(27)22-20)13-17(25)23(4-2)12-15-10-11-16(21)28-15/h5-11H,3-4,12-13H2,1-2H3,(H,22,27). The third kappa shape index (κ3) is 3.84. The molecule has 0 saturated carbocycles. The Kier molecular flexibility index (Phi) is 6.20. The van der Waals surface area contributed by atoms with Crippen molar-refractivity contribution in [3.05, 3.63) is 56.7 Å². The fourth-order valence-corrected chi connectivity index (χ4v) is 4.87. The van der Waals surface area contributed by atoms with Crippen LogP contribution in [0.1, 0.15) is 30.7 Å². The van der Waals surface area contributed by atoms with Crippen LogP contribution in [0.25, 0.3) is 0 Å². The van der Waals surface area contributed by atoms with E-state index in [0.29, 0.717) is 19.5 Å². The molecule has 1 saturated heterocycles. The Labute approximate surface area is 176 Å². The molecule has 0 bridgehead atoms. The van der Waals surface area contributed by atoms with Crippen LogP contribution in [0.4, 0.5) is 4.79 Å². The molecule has 148 valence electrons. The third-order valence-electron chi connectivity index (χ3n) is 4.98. The van der Waals surface area contributed by atoms with Crippen molar-refractivity contribution in [2.75, 3.05) is 13.1 Å². The Morgan fingerprint density at radius 1 is 1.18 bits per heavy atom.